The lowest BCUT2D eigenvalue weighted by Gasteiger charge is -2.16. The van der Waals surface area contributed by atoms with E-state index in [1.54, 1.807) is 11.8 Å². The summed E-state index contributed by atoms with van der Waals surface area (Å²) in [5.41, 5.74) is 3.21. The van der Waals surface area contributed by atoms with E-state index in [1.807, 2.05) is 26.2 Å². The van der Waals surface area contributed by atoms with Crippen molar-refractivity contribution in [1.29, 1.82) is 0 Å². The maximum Gasteiger partial charge on any atom is 0.306 e. The third-order valence-electron chi connectivity index (χ3n) is 5.98. The summed E-state index contributed by atoms with van der Waals surface area (Å²) in [6.45, 7) is 6.42. The molecule has 1 atom stereocenters. The molecule has 0 aliphatic carbocycles. The largest absolute Gasteiger partial charge is 0.466 e. The van der Waals surface area contributed by atoms with E-state index in [4.69, 9.17) is 9.72 Å². The molecular formula is C25H34N4O3. The lowest BCUT2D eigenvalue weighted by molar-refractivity contribution is -0.143. The van der Waals surface area contributed by atoms with Crippen LogP contribution in [0, 0.1) is 6.92 Å². The standard InChI is InChI=1S/C25H34N4O3/c1-4-32-24(31)15-21(22-16-26-18(2)27-17-22)9-7-5-6-8-10-23-12-11-20-13-14-29(19(3)30)25(20)28-23/h11-12,16-17,21H,4-10,13-15H2,1-3H3. The van der Waals surface area contributed by atoms with Crippen molar-refractivity contribution in [2.75, 3.05) is 18.1 Å². The fourth-order valence-corrected chi connectivity index (χ4v) is 4.20. The number of esters is 1. The van der Waals surface area contributed by atoms with Gasteiger partial charge in [0.25, 0.3) is 0 Å². The number of aromatic nitrogens is 3. The Balaban J connectivity index is 1.45. The van der Waals surface area contributed by atoms with Gasteiger partial charge in [-0.15, -0.1) is 0 Å². The van der Waals surface area contributed by atoms with Crippen LogP contribution in [0.25, 0.3) is 0 Å². The number of aryl methyl sites for hydroxylation is 2. The molecule has 7 nitrogen and oxygen atoms in total. The minimum Gasteiger partial charge on any atom is -0.466 e. The molecule has 1 unspecified atom stereocenters. The number of hydrogen-bond acceptors (Lipinski definition) is 6. The predicted molar refractivity (Wildman–Crippen MR) is 124 cm³/mol. The quantitative estimate of drug-likeness (QED) is 0.384. The average Bonchev–Trinajstić information content (AvgIpc) is 3.19. The normalized spacial score (nSPS) is 13.7. The SMILES string of the molecule is CCOC(=O)CC(CCCCCCc1ccc2c(n1)N(C(C)=O)CC2)c1cnc(C)nc1. The van der Waals surface area contributed by atoms with Crippen LogP contribution >= 0.6 is 0 Å². The number of carbonyl (C=O) groups is 2. The van der Waals surface area contributed by atoms with Crippen molar-refractivity contribution in [3.63, 3.8) is 0 Å². The highest BCUT2D eigenvalue weighted by Crippen LogP contribution is 2.28. The second-order valence-corrected chi connectivity index (χ2v) is 8.43. The van der Waals surface area contributed by atoms with Crippen molar-refractivity contribution in [3.05, 3.63) is 47.2 Å². The van der Waals surface area contributed by atoms with Crippen molar-refractivity contribution in [2.24, 2.45) is 0 Å². The van der Waals surface area contributed by atoms with Gasteiger partial charge in [-0.2, -0.15) is 0 Å². The first-order chi connectivity index (χ1) is 15.5. The second-order valence-electron chi connectivity index (χ2n) is 8.43. The first kappa shape index (κ1) is 23.8. The summed E-state index contributed by atoms with van der Waals surface area (Å²) in [6, 6.07) is 4.21. The first-order valence-electron chi connectivity index (χ1n) is 11.7. The fourth-order valence-electron chi connectivity index (χ4n) is 4.20. The molecule has 0 saturated heterocycles. The van der Waals surface area contributed by atoms with Crippen molar-refractivity contribution in [3.8, 4) is 0 Å². The smallest absolute Gasteiger partial charge is 0.306 e. The van der Waals surface area contributed by atoms with Gasteiger partial charge in [0.2, 0.25) is 5.91 Å². The molecular weight excluding hydrogens is 404 g/mol. The molecule has 1 amide bonds. The summed E-state index contributed by atoms with van der Waals surface area (Å²) < 4.78 is 5.15. The monoisotopic (exact) mass is 438 g/mol. The number of ether oxygens (including phenoxy) is 1. The first-order valence-corrected chi connectivity index (χ1v) is 11.7. The number of rotatable bonds is 11. The third-order valence-corrected chi connectivity index (χ3v) is 5.98. The van der Waals surface area contributed by atoms with E-state index in [1.165, 1.54) is 0 Å². The number of unbranched alkanes of at least 4 members (excludes halogenated alkanes) is 3. The fraction of sp³-hybridized carbons (Fsp3) is 0.560. The van der Waals surface area contributed by atoms with E-state index in [0.29, 0.717) is 13.0 Å². The predicted octanol–water partition coefficient (Wildman–Crippen LogP) is 4.32. The van der Waals surface area contributed by atoms with Crippen LogP contribution in [0.1, 0.15) is 80.9 Å². The van der Waals surface area contributed by atoms with Crippen molar-refractivity contribution >= 4 is 17.7 Å². The number of nitrogens with zero attached hydrogens (tertiary/aromatic N) is 4. The highest BCUT2D eigenvalue weighted by atomic mass is 16.5. The molecule has 2 aromatic rings. The zero-order valence-electron chi connectivity index (χ0n) is 19.5. The van der Waals surface area contributed by atoms with Gasteiger partial charge in [-0.05, 0) is 62.6 Å². The Bertz CT molecular complexity index is 914. The van der Waals surface area contributed by atoms with Crippen LogP contribution in [-0.4, -0.2) is 40.0 Å². The Morgan fingerprint density at radius 1 is 1.12 bits per heavy atom. The topological polar surface area (TPSA) is 85.3 Å². The lowest BCUT2D eigenvalue weighted by atomic mass is 9.92. The highest BCUT2D eigenvalue weighted by molar-refractivity contribution is 5.92. The minimum atomic E-state index is -0.166. The minimum absolute atomic E-state index is 0.0600. The van der Waals surface area contributed by atoms with Crippen LogP contribution in [0.5, 0.6) is 0 Å². The van der Waals surface area contributed by atoms with E-state index < -0.39 is 0 Å². The summed E-state index contributed by atoms with van der Waals surface area (Å²) in [5, 5.41) is 0. The van der Waals surface area contributed by atoms with E-state index in [-0.39, 0.29) is 17.8 Å². The Kier molecular flexibility index (Phi) is 8.71. The van der Waals surface area contributed by atoms with Gasteiger partial charge in [0.05, 0.1) is 13.0 Å². The van der Waals surface area contributed by atoms with Crippen LogP contribution in [0.3, 0.4) is 0 Å². The molecule has 2 aromatic heterocycles. The molecule has 172 valence electrons. The van der Waals surface area contributed by atoms with Gasteiger partial charge in [-0.3, -0.25) is 14.5 Å². The van der Waals surface area contributed by atoms with Gasteiger partial charge in [0, 0.05) is 31.6 Å². The summed E-state index contributed by atoms with van der Waals surface area (Å²) in [7, 11) is 0. The molecule has 3 heterocycles. The van der Waals surface area contributed by atoms with E-state index in [0.717, 1.165) is 80.0 Å². The Morgan fingerprint density at radius 3 is 2.59 bits per heavy atom. The molecule has 3 rings (SSSR count). The van der Waals surface area contributed by atoms with Crippen LogP contribution in [0.2, 0.25) is 0 Å². The molecule has 7 heteroatoms. The molecule has 0 radical (unpaired) electrons. The molecule has 32 heavy (non-hydrogen) atoms. The van der Waals surface area contributed by atoms with Gasteiger partial charge >= 0.3 is 5.97 Å². The summed E-state index contributed by atoms with van der Waals surface area (Å²) >= 11 is 0. The van der Waals surface area contributed by atoms with E-state index >= 15 is 0 Å². The zero-order chi connectivity index (χ0) is 22.9. The summed E-state index contributed by atoms with van der Waals surface area (Å²) in [5.74, 6) is 1.56. The van der Waals surface area contributed by atoms with E-state index in [9.17, 15) is 9.59 Å². The molecule has 0 bridgehead atoms. The third kappa shape index (κ3) is 6.58. The number of anilines is 1. The van der Waals surface area contributed by atoms with Crippen molar-refractivity contribution in [1.82, 2.24) is 15.0 Å². The highest BCUT2D eigenvalue weighted by Gasteiger charge is 2.23. The Morgan fingerprint density at radius 2 is 1.88 bits per heavy atom. The maximum atomic E-state index is 12.0. The molecule has 1 aliphatic heterocycles. The Hall–Kier alpha value is -2.83. The van der Waals surface area contributed by atoms with Crippen molar-refractivity contribution in [2.45, 2.75) is 78.1 Å². The van der Waals surface area contributed by atoms with Gasteiger partial charge < -0.3 is 4.74 Å². The molecule has 0 fully saturated rings. The van der Waals surface area contributed by atoms with Crippen LogP contribution in [0.4, 0.5) is 5.82 Å². The second kappa shape index (κ2) is 11.7. The van der Waals surface area contributed by atoms with E-state index in [2.05, 4.69) is 22.1 Å². The molecule has 0 aromatic carbocycles. The molecule has 0 saturated carbocycles. The maximum absolute atomic E-state index is 12.0. The van der Waals surface area contributed by atoms with Gasteiger partial charge in [-0.25, -0.2) is 15.0 Å². The number of hydrogen-bond donors (Lipinski definition) is 0. The summed E-state index contributed by atoms with van der Waals surface area (Å²) in [4.78, 5) is 38.9. The van der Waals surface area contributed by atoms with Gasteiger partial charge in [0.1, 0.15) is 11.6 Å². The van der Waals surface area contributed by atoms with Gasteiger partial charge in [-0.1, -0.05) is 25.3 Å². The summed E-state index contributed by atoms with van der Waals surface area (Å²) in [6.07, 6.45) is 11.0. The Labute approximate surface area is 190 Å². The zero-order valence-corrected chi connectivity index (χ0v) is 19.5. The number of carbonyl (C=O) groups excluding carboxylic acids is 2. The molecule has 0 spiro atoms. The van der Waals surface area contributed by atoms with Crippen LogP contribution < -0.4 is 4.90 Å². The average molecular weight is 439 g/mol. The number of pyridine rings is 1. The molecule has 1 aliphatic rings. The van der Waals surface area contributed by atoms with Crippen LogP contribution in [0.15, 0.2) is 24.5 Å². The lowest BCUT2D eigenvalue weighted by Crippen LogP contribution is -2.26. The number of amides is 1. The van der Waals surface area contributed by atoms with Gasteiger partial charge in [0.15, 0.2) is 0 Å². The van der Waals surface area contributed by atoms with Crippen molar-refractivity contribution < 1.29 is 14.3 Å². The molecule has 0 N–H and O–H groups in total. The number of fused-ring (bicyclic) bond motifs is 1. The van der Waals surface area contributed by atoms with Crippen LogP contribution in [-0.2, 0) is 27.2 Å².